The maximum atomic E-state index is 13.3. The lowest BCUT2D eigenvalue weighted by atomic mass is 10.0. The van der Waals surface area contributed by atoms with Gasteiger partial charge in [0.05, 0.1) is 11.1 Å². The maximum absolute atomic E-state index is 13.3. The lowest BCUT2D eigenvalue weighted by Crippen LogP contribution is -2.28. The van der Waals surface area contributed by atoms with E-state index in [1.165, 1.54) is 0 Å². The standard InChI is InChI=1S/C15H6Br2F9N3O/c1-2-29-11(28-10(15(24,25)26)9(27)12(29)30)6-7(16)4(13(18,19)20)3-5(8(6)17)14(21,22)23/h2-3H,1,27H2. The topological polar surface area (TPSA) is 60.9 Å². The van der Waals surface area contributed by atoms with E-state index in [0.29, 0.717) is 6.20 Å². The number of benzene rings is 1. The summed E-state index contributed by atoms with van der Waals surface area (Å²) in [6, 6.07) is -0.240. The summed E-state index contributed by atoms with van der Waals surface area (Å²) < 4.78 is 118. The molecule has 2 N–H and O–H groups in total. The molecule has 1 aromatic heterocycles. The number of alkyl halides is 9. The second-order valence-corrected chi connectivity index (χ2v) is 7.11. The first-order valence-corrected chi connectivity index (χ1v) is 8.80. The Morgan fingerprint density at radius 1 is 0.933 bits per heavy atom. The fourth-order valence-electron chi connectivity index (χ4n) is 2.35. The van der Waals surface area contributed by atoms with Crippen molar-refractivity contribution >= 4 is 43.7 Å². The van der Waals surface area contributed by atoms with E-state index < -0.39 is 66.9 Å². The molecule has 0 saturated carbocycles. The Morgan fingerprint density at radius 3 is 1.70 bits per heavy atom. The molecule has 0 amide bonds. The SMILES string of the molecule is C=Cn1c(-c2c(Br)c(C(F)(F)F)cc(C(F)(F)F)c2Br)nc(C(F)(F)F)c(N)c1=O. The predicted octanol–water partition coefficient (Wildman–Crippen LogP) is 6.17. The molecule has 0 aliphatic rings. The van der Waals surface area contributed by atoms with E-state index in [0.717, 1.165) is 0 Å². The highest BCUT2D eigenvalue weighted by atomic mass is 79.9. The monoisotopic (exact) mass is 573 g/mol. The summed E-state index contributed by atoms with van der Waals surface area (Å²) in [5.74, 6) is -1.20. The smallest absolute Gasteiger partial charge is 0.392 e. The zero-order chi connectivity index (χ0) is 23.4. The fraction of sp³-hybridized carbons (Fsp3) is 0.200. The van der Waals surface area contributed by atoms with Crippen molar-refractivity contribution in [3.8, 4) is 11.4 Å². The molecule has 0 aliphatic heterocycles. The van der Waals surface area contributed by atoms with Crippen LogP contribution in [0.3, 0.4) is 0 Å². The van der Waals surface area contributed by atoms with Crippen LogP contribution >= 0.6 is 31.9 Å². The van der Waals surface area contributed by atoms with Crippen LogP contribution in [-0.4, -0.2) is 9.55 Å². The van der Waals surface area contributed by atoms with Crippen molar-refractivity contribution in [3.05, 3.63) is 48.8 Å². The van der Waals surface area contributed by atoms with Crippen LogP contribution in [0.4, 0.5) is 45.2 Å². The first-order valence-electron chi connectivity index (χ1n) is 7.21. The van der Waals surface area contributed by atoms with Gasteiger partial charge in [0.25, 0.3) is 5.56 Å². The lowest BCUT2D eigenvalue weighted by molar-refractivity contribution is -0.144. The van der Waals surface area contributed by atoms with Gasteiger partial charge in [0.2, 0.25) is 0 Å². The number of rotatable bonds is 2. The summed E-state index contributed by atoms with van der Waals surface area (Å²) in [5, 5.41) is 0. The molecule has 0 saturated heterocycles. The molecule has 164 valence electrons. The molecule has 1 aromatic carbocycles. The van der Waals surface area contributed by atoms with Crippen molar-refractivity contribution in [2.24, 2.45) is 0 Å². The third kappa shape index (κ3) is 4.22. The van der Waals surface area contributed by atoms with E-state index in [-0.39, 0.29) is 10.6 Å². The highest BCUT2D eigenvalue weighted by Crippen LogP contribution is 2.49. The highest BCUT2D eigenvalue weighted by molar-refractivity contribution is 9.11. The second kappa shape index (κ2) is 7.59. The average Bonchev–Trinajstić information content (AvgIpc) is 2.54. The van der Waals surface area contributed by atoms with Gasteiger partial charge in [-0.15, -0.1) is 0 Å². The summed E-state index contributed by atoms with van der Waals surface area (Å²) in [4.78, 5) is 15.3. The Kier molecular flexibility index (Phi) is 6.13. The molecule has 0 spiro atoms. The Hall–Kier alpha value is -2.03. The first-order chi connectivity index (χ1) is 13.4. The van der Waals surface area contributed by atoms with Crippen LogP contribution in [0, 0.1) is 0 Å². The maximum Gasteiger partial charge on any atom is 0.435 e. The van der Waals surface area contributed by atoms with Gasteiger partial charge in [-0.3, -0.25) is 9.36 Å². The lowest BCUT2D eigenvalue weighted by Gasteiger charge is -2.21. The van der Waals surface area contributed by atoms with Gasteiger partial charge >= 0.3 is 18.5 Å². The molecule has 4 nitrogen and oxygen atoms in total. The zero-order valence-electron chi connectivity index (χ0n) is 13.9. The molecular formula is C15H6Br2F9N3O. The number of aromatic nitrogens is 2. The van der Waals surface area contributed by atoms with Gasteiger partial charge in [0.15, 0.2) is 5.69 Å². The van der Waals surface area contributed by atoms with Crippen LogP contribution in [0.5, 0.6) is 0 Å². The van der Waals surface area contributed by atoms with Gasteiger partial charge in [0, 0.05) is 20.7 Å². The Bertz CT molecular complexity index is 1050. The van der Waals surface area contributed by atoms with Crippen LogP contribution in [-0.2, 0) is 18.5 Å². The Balaban J connectivity index is 3.17. The molecule has 2 aromatic rings. The molecule has 0 aliphatic carbocycles. The minimum atomic E-state index is -5.34. The summed E-state index contributed by atoms with van der Waals surface area (Å²) >= 11 is 4.93. The molecule has 0 bridgehead atoms. The third-order valence-corrected chi connectivity index (χ3v) is 5.28. The third-order valence-electron chi connectivity index (χ3n) is 3.64. The largest absolute Gasteiger partial charge is 0.435 e. The van der Waals surface area contributed by atoms with E-state index in [1.807, 2.05) is 0 Å². The first kappa shape index (κ1) is 24.2. The van der Waals surface area contributed by atoms with Crippen LogP contribution in [0.25, 0.3) is 17.6 Å². The number of hydrogen-bond donors (Lipinski definition) is 1. The van der Waals surface area contributed by atoms with Crippen molar-refractivity contribution in [1.29, 1.82) is 0 Å². The van der Waals surface area contributed by atoms with Gasteiger partial charge in [-0.25, -0.2) is 4.98 Å². The summed E-state index contributed by atoms with van der Waals surface area (Å²) in [6.45, 7) is 3.12. The van der Waals surface area contributed by atoms with Gasteiger partial charge in [-0.05, 0) is 37.9 Å². The van der Waals surface area contributed by atoms with Crippen molar-refractivity contribution in [2.45, 2.75) is 18.5 Å². The molecule has 2 rings (SSSR count). The average molecular weight is 575 g/mol. The molecule has 0 radical (unpaired) electrons. The van der Waals surface area contributed by atoms with E-state index in [4.69, 9.17) is 5.73 Å². The highest BCUT2D eigenvalue weighted by Gasteiger charge is 2.43. The molecule has 30 heavy (non-hydrogen) atoms. The number of nitrogen functional groups attached to an aromatic ring is 1. The van der Waals surface area contributed by atoms with Gasteiger partial charge in [-0.1, -0.05) is 6.58 Å². The zero-order valence-corrected chi connectivity index (χ0v) is 17.1. The van der Waals surface area contributed by atoms with Crippen LogP contribution in [0.1, 0.15) is 16.8 Å². The molecule has 15 heteroatoms. The van der Waals surface area contributed by atoms with E-state index >= 15 is 0 Å². The van der Waals surface area contributed by atoms with Crippen molar-refractivity contribution in [3.63, 3.8) is 0 Å². The molecule has 0 fully saturated rings. The fourth-order valence-corrected chi connectivity index (χ4v) is 4.05. The van der Waals surface area contributed by atoms with Gasteiger partial charge in [-0.2, -0.15) is 39.5 Å². The number of nitrogens with zero attached hydrogens (tertiary/aromatic N) is 2. The van der Waals surface area contributed by atoms with Crippen molar-refractivity contribution in [2.75, 3.05) is 5.73 Å². The van der Waals surface area contributed by atoms with Crippen LogP contribution in [0.15, 0.2) is 26.4 Å². The summed E-state index contributed by atoms with van der Waals surface area (Å²) in [5.41, 5.74) is -4.70. The van der Waals surface area contributed by atoms with E-state index in [9.17, 15) is 44.3 Å². The van der Waals surface area contributed by atoms with Crippen molar-refractivity contribution in [1.82, 2.24) is 9.55 Å². The normalized spacial score (nSPS) is 12.9. The van der Waals surface area contributed by atoms with E-state index in [2.05, 4.69) is 43.4 Å². The minimum Gasteiger partial charge on any atom is -0.392 e. The Morgan fingerprint density at radius 2 is 1.37 bits per heavy atom. The van der Waals surface area contributed by atoms with Crippen molar-refractivity contribution < 1.29 is 39.5 Å². The molecular weight excluding hydrogens is 569 g/mol. The van der Waals surface area contributed by atoms with Gasteiger partial charge in [0.1, 0.15) is 11.5 Å². The number of halogens is 11. The number of anilines is 1. The minimum absolute atomic E-state index is 0.204. The number of hydrogen-bond acceptors (Lipinski definition) is 3. The quantitative estimate of drug-likeness (QED) is 0.436. The van der Waals surface area contributed by atoms with Crippen LogP contribution in [0.2, 0.25) is 0 Å². The predicted molar refractivity (Wildman–Crippen MR) is 95.1 cm³/mol. The molecule has 1 heterocycles. The number of nitrogens with two attached hydrogens (primary N) is 1. The second-order valence-electron chi connectivity index (χ2n) is 5.52. The van der Waals surface area contributed by atoms with Gasteiger partial charge < -0.3 is 5.73 Å². The molecule has 0 unspecified atom stereocenters. The van der Waals surface area contributed by atoms with Crippen LogP contribution < -0.4 is 11.3 Å². The van der Waals surface area contributed by atoms with E-state index in [1.54, 1.807) is 0 Å². The summed E-state index contributed by atoms with van der Waals surface area (Å²) in [6.07, 6.45) is -15.5. The molecule has 0 atom stereocenters. The Labute approximate surface area is 177 Å². The summed E-state index contributed by atoms with van der Waals surface area (Å²) in [7, 11) is 0.